The van der Waals surface area contributed by atoms with Crippen LogP contribution >= 0.6 is 0 Å². The zero-order chi connectivity index (χ0) is 20.1. The zero-order valence-corrected chi connectivity index (χ0v) is 18.1. The fourth-order valence-electron chi connectivity index (χ4n) is 2.86. The highest BCUT2D eigenvalue weighted by Gasteiger charge is 2.39. The summed E-state index contributed by atoms with van der Waals surface area (Å²) >= 11 is 0. The Balaban J connectivity index is 1.84. The first-order chi connectivity index (χ1) is 12.6. The predicted molar refractivity (Wildman–Crippen MR) is 112 cm³/mol. The SMILES string of the molecule is CC(C)(C)[Si](C)(C)OC1CCC(C#CC#Cc2ccc(C(=O)O)cc2)CC1. The van der Waals surface area contributed by atoms with Crippen molar-refractivity contribution in [1.29, 1.82) is 0 Å². The molecule has 0 bridgehead atoms. The number of carboxylic acid groups (broad SMARTS) is 1. The lowest BCUT2D eigenvalue weighted by Crippen LogP contribution is -2.44. The molecule has 0 spiro atoms. The Kier molecular flexibility index (Phi) is 6.93. The van der Waals surface area contributed by atoms with Crippen molar-refractivity contribution in [3.8, 4) is 23.7 Å². The van der Waals surface area contributed by atoms with Crippen LogP contribution in [0.3, 0.4) is 0 Å². The highest BCUT2D eigenvalue weighted by Crippen LogP contribution is 2.39. The van der Waals surface area contributed by atoms with E-state index in [-0.39, 0.29) is 10.6 Å². The minimum atomic E-state index is -1.69. The maximum atomic E-state index is 10.8. The lowest BCUT2D eigenvalue weighted by molar-refractivity contribution is 0.0697. The van der Waals surface area contributed by atoms with Crippen molar-refractivity contribution in [3.05, 3.63) is 35.4 Å². The van der Waals surface area contributed by atoms with Gasteiger partial charge in [-0.3, -0.25) is 0 Å². The maximum absolute atomic E-state index is 10.8. The van der Waals surface area contributed by atoms with Gasteiger partial charge in [-0.25, -0.2) is 4.79 Å². The van der Waals surface area contributed by atoms with Crippen LogP contribution < -0.4 is 0 Å². The van der Waals surface area contributed by atoms with E-state index in [0.717, 1.165) is 31.2 Å². The third kappa shape index (κ3) is 6.28. The van der Waals surface area contributed by atoms with E-state index in [2.05, 4.69) is 57.5 Å². The molecular formula is C23H30O3Si. The van der Waals surface area contributed by atoms with Gasteiger partial charge in [0, 0.05) is 17.6 Å². The Morgan fingerprint density at radius 1 is 1.07 bits per heavy atom. The van der Waals surface area contributed by atoms with Crippen LogP contribution in [-0.2, 0) is 4.43 Å². The molecule has 2 rings (SSSR count). The molecule has 0 unspecified atom stereocenters. The number of aromatic carboxylic acids is 1. The van der Waals surface area contributed by atoms with Crippen LogP contribution in [0, 0.1) is 29.6 Å². The molecule has 0 heterocycles. The Morgan fingerprint density at radius 3 is 2.19 bits per heavy atom. The van der Waals surface area contributed by atoms with Crippen LogP contribution in [0.15, 0.2) is 24.3 Å². The average molecular weight is 383 g/mol. The molecule has 0 saturated heterocycles. The summed E-state index contributed by atoms with van der Waals surface area (Å²) < 4.78 is 6.52. The third-order valence-corrected chi connectivity index (χ3v) is 10.2. The Labute approximate surface area is 164 Å². The molecule has 0 aromatic heterocycles. The molecule has 27 heavy (non-hydrogen) atoms. The molecule has 4 heteroatoms. The highest BCUT2D eigenvalue weighted by molar-refractivity contribution is 6.74. The fourth-order valence-corrected chi connectivity index (χ4v) is 4.28. The first kappa shape index (κ1) is 21.3. The van der Waals surface area contributed by atoms with Crippen molar-refractivity contribution in [2.45, 2.75) is 70.7 Å². The Hall–Kier alpha value is -2.01. The zero-order valence-electron chi connectivity index (χ0n) is 17.1. The van der Waals surface area contributed by atoms with Crippen LogP contribution in [0.5, 0.6) is 0 Å². The number of carbonyl (C=O) groups is 1. The lowest BCUT2D eigenvalue weighted by atomic mass is 9.88. The first-order valence-corrected chi connectivity index (χ1v) is 12.5. The second-order valence-corrected chi connectivity index (χ2v) is 13.5. The van der Waals surface area contributed by atoms with Crippen LogP contribution in [0.4, 0.5) is 0 Å². The summed E-state index contributed by atoms with van der Waals surface area (Å²) in [6.07, 6.45) is 4.68. The van der Waals surface area contributed by atoms with Gasteiger partial charge in [0.2, 0.25) is 0 Å². The van der Waals surface area contributed by atoms with Crippen molar-refractivity contribution >= 4 is 14.3 Å². The average Bonchev–Trinajstić information content (AvgIpc) is 2.59. The van der Waals surface area contributed by atoms with Crippen molar-refractivity contribution in [2.75, 3.05) is 0 Å². The predicted octanol–water partition coefficient (Wildman–Crippen LogP) is 5.32. The molecule has 1 aromatic rings. The van der Waals surface area contributed by atoms with Gasteiger partial charge >= 0.3 is 5.97 Å². The highest BCUT2D eigenvalue weighted by atomic mass is 28.4. The molecule has 1 aliphatic carbocycles. The summed E-state index contributed by atoms with van der Waals surface area (Å²) in [5.74, 6) is 11.6. The van der Waals surface area contributed by atoms with Crippen molar-refractivity contribution in [2.24, 2.45) is 5.92 Å². The summed E-state index contributed by atoms with van der Waals surface area (Å²) in [4.78, 5) is 10.8. The minimum Gasteiger partial charge on any atom is -0.478 e. The number of rotatable bonds is 3. The largest absolute Gasteiger partial charge is 0.478 e. The van der Waals surface area contributed by atoms with Gasteiger partial charge in [-0.1, -0.05) is 32.6 Å². The molecular weight excluding hydrogens is 352 g/mol. The lowest BCUT2D eigenvalue weighted by Gasteiger charge is -2.40. The van der Waals surface area contributed by atoms with Crippen LogP contribution in [0.1, 0.15) is 62.4 Å². The number of hydrogen-bond acceptors (Lipinski definition) is 2. The second kappa shape index (κ2) is 8.78. The summed E-state index contributed by atoms with van der Waals surface area (Å²) in [5, 5.41) is 9.14. The van der Waals surface area contributed by atoms with E-state index < -0.39 is 14.3 Å². The Bertz CT molecular complexity index is 771. The molecule has 0 atom stereocenters. The number of benzene rings is 1. The van der Waals surface area contributed by atoms with E-state index in [1.165, 1.54) is 0 Å². The van der Waals surface area contributed by atoms with Gasteiger partial charge in [0.25, 0.3) is 0 Å². The molecule has 1 aromatic carbocycles. The van der Waals surface area contributed by atoms with E-state index >= 15 is 0 Å². The Morgan fingerprint density at radius 2 is 1.67 bits per heavy atom. The van der Waals surface area contributed by atoms with Crippen LogP contribution in [-0.4, -0.2) is 25.5 Å². The van der Waals surface area contributed by atoms with E-state index in [0.29, 0.717) is 12.0 Å². The van der Waals surface area contributed by atoms with Crippen molar-refractivity contribution in [1.82, 2.24) is 0 Å². The number of hydrogen-bond donors (Lipinski definition) is 1. The number of carboxylic acids is 1. The van der Waals surface area contributed by atoms with E-state index in [1.54, 1.807) is 24.3 Å². The van der Waals surface area contributed by atoms with E-state index in [9.17, 15) is 4.79 Å². The van der Waals surface area contributed by atoms with E-state index in [4.69, 9.17) is 9.53 Å². The van der Waals surface area contributed by atoms with Gasteiger partial charge in [0.05, 0.1) is 5.56 Å². The van der Waals surface area contributed by atoms with Gasteiger partial charge in [0.15, 0.2) is 8.32 Å². The van der Waals surface area contributed by atoms with Gasteiger partial charge in [-0.05, 0) is 79.9 Å². The van der Waals surface area contributed by atoms with Crippen LogP contribution in [0.2, 0.25) is 18.1 Å². The molecule has 0 radical (unpaired) electrons. The summed E-state index contributed by atoms with van der Waals surface area (Å²) in [5.41, 5.74) is 1.05. The van der Waals surface area contributed by atoms with Crippen molar-refractivity contribution < 1.29 is 14.3 Å². The normalized spacial score (nSPS) is 20.0. The molecule has 1 fully saturated rings. The molecule has 0 amide bonds. The van der Waals surface area contributed by atoms with Gasteiger partial charge in [-0.2, -0.15) is 0 Å². The van der Waals surface area contributed by atoms with Gasteiger partial charge in [0.1, 0.15) is 0 Å². The molecule has 1 saturated carbocycles. The first-order valence-electron chi connectivity index (χ1n) is 9.61. The van der Waals surface area contributed by atoms with Gasteiger partial charge in [-0.15, -0.1) is 0 Å². The molecule has 0 aliphatic heterocycles. The summed E-state index contributed by atoms with van der Waals surface area (Å²) in [6, 6.07) is 6.54. The smallest absolute Gasteiger partial charge is 0.335 e. The van der Waals surface area contributed by atoms with Crippen molar-refractivity contribution in [3.63, 3.8) is 0 Å². The molecule has 3 nitrogen and oxygen atoms in total. The summed E-state index contributed by atoms with van der Waals surface area (Å²) in [7, 11) is -1.69. The molecule has 1 aliphatic rings. The molecule has 144 valence electrons. The van der Waals surface area contributed by atoms with Crippen LogP contribution in [0.25, 0.3) is 0 Å². The third-order valence-electron chi connectivity index (χ3n) is 5.62. The quantitative estimate of drug-likeness (QED) is 0.568. The minimum absolute atomic E-state index is 0.252. The van der Waals surface area contributed by atoms with E-state index in [1.807, 2.05) is 0 Å². The fraction of sp³-hybridized carbons (Fsp3) is 0.522. The molecule has 1 N–H and O–H groups in total. The monoisotopic (exact) mass is 382 g/mol. The standard InChI is InChI=1S/C23H30O3Si/c1-23(2,3)27(4,5)26-21-16-12-19(13-17-21)9-7-6-8-18-10-14-20(15-11-18)22(24)25/h10-11,14-15,19,21H,12-13,16-17H2,1-5H3,(H,24,25). The van der Waals surface area contributed by atoms with Gasteiger partial charge < -0.3 is 9.53 Å². The second-order valence-electron chi connectivity index (χ2n) is 8.75. The summed E-state index contributed by atoms with van der Waals surface area (Å²) in [6.45, 7) is 11.5. The maximum Gasteiger partial charge on any atom is 0.335 e. The topological polar surface area (TPSA) is 46.5 Å².